The summed E-state index contributed by atoms with van der Waals surface area (Å²) in [7, 11) is 3.72. The predicted octanol–water partition coefficient (Wildman–Crippen LogP) is 3.07. The van der Waals surface area contributed by atoms with Crippen LogP contribution >= 0.6 is 27.3 Å². The van der Waals surface area contributed by atoms with E-state index in [4.69, 9.17) is 0 Å². The third-order valence-corrected chi connectivity index (χ3v) is 5.66. The molecule has 2 aromatic heterocycles. The average molecular weight is 465 g/mol. The number of rotatable bonds is 5. The lowest BCUT2D eigenvalue weighted by molar-refractivity contribution is 0.0698. The summed E-state index contributed by atoms with van der Waals surface area (Å²) >= 11 is 4.32. The number of aromatic carboxylic acids is 1. The van der Waals surface area contributed by atoms with Crippen LogP contribution in [0.1, 0.15) is 31.4 Å². The van der Waals surface area contributed by atoms with Crippen LogP contribution in [0.25, 0.3) is 10.2 Å². The highest BCUT2D eigenvalue weighted by molar-refractivity contribution is 9.10. The minimum Gasteiger partial charge on any atom is -0.478 e. The molecule has 3 N–H and O–H groups in total. The number of aromatic amines is 1. The second-order valence-electron chi connectivity index (χ2n) is 6.44. The molecule has 0 aliphatic heterocycles. The van der Waals surface area contributed by atoms with E-state index in [0.717, 1.165) is 11.3 Å². The number of carboxylic acids is 1. The van der Waals surface area contributed by atoms with Crippen molar-refractivity contribution in [1.29, 1.82) is 0 Å². The fourth-order valence-corrected chi connectivity index (χ4v) is 4.22. The molecule has 28 heavy (non-hydrogen) atoms. The van der Waals surface area contributed by atoms with Gasteiger partial charge in [-0.3, -0.25) is 9.59 Å². The average Bonchev–Trinajstić information content (AvgIpc) is 2.92. The molecule has 3 rings (SSSR count). The van der Waals surface area contributed by atoms with Crippen molar-refractivity contribution in [3.8, 4) is 0 Å². The van der Waals surface area contributed by atoms with Gasteiger partial charge in [0.25, 0.3) is 11.5 Å². The van der Waals surface area contributed by atoms with Crippen LogP contribution in [0, 0.1) is 6.92 Å². The predicted molar refractivity (Wildman–Crippen MR) is 111 cm³/mol. The Hall–Kier alpha value is -2.56. The number of thiophene rings is 1. The van der Waals surface area contributed by atoms with Gasteiger partial charge >= 0.3 is 5.97 Å². The quantitative estimate of drug-likeness (QED) is 0.534. The number of anilines is 1. The van der Waals surface area contributed by atoms with Crippen molar-refractivity contribution >= 4 is 55.0 Å². The summed E-state index contributed by atoms with van der Waals surface area (Å²) in [6.07, 6.45) is 0. The molecular weight excluding hydrogens is 448 g/mol. The summed E-state index contributed by atoms with van der Waals surface area (Å²) < 4.78 is 0.588. The molecule has 0 aliphatic carbocycles. The maximum absolute atomic E-state index is 12.8. The van der Waals surface area contributed by atoms with Crippen molar-refractivity contribution in [1.82, 2.24) is 14.9 Å². The first-order valence-electron chi connectivity index (χ1n) is 8.18. The first-order valence-corrected chi connectivity index (χ1v) is 9.79. The lowest BCUT2D eigenvalue weighted by Crippen LogP contribution is -2.18. The molecule has 0 saturated carbocycles. The zero-order valence-electron chi connectivity index (χ0n) is 15.3. The Kier molecular flexibility index (Phi) is 5.64. The molecule has 0 spiro atoms. The van der Waals surface area contributed by atoms with Crippen LogP contribution in [-0.4, -0.2) is 45.9 Å². The molecule has 3 aromatic rings. The van der Waals surface area contributed by atoms with Gasteiger partial charge in [0.2, 0.25) is 0 Å². The van der Waals surface area contributed by atoms with Crippen LogP contribution in [0.4, 0.5) is 5.69 Å². The number of hydrogen-bond donors (Lipinski definition) is 3. The fourth-order valence-electron chi connectivity index (χ4n) is 2.76. The molecule has 0 radical (unpaired) electrons. The zero-order valence-corrected chi connectivity index (χ0v) is 17.7. The number of nitrogens with one attached hydrogen (secondary N) is 2. The third-order valence-electron chi connectivity index (χ3n) is 3.98. The molecular formula is C18H17BrN4O4S. The molecule has 8 nitrogen and oxygen atoms in total. The van der Waals surface area contributed by atoms with Crippen LogP contribution in [-0.2, 0) is 6.54 Å². The molecule has 0 aliphatic rings. The van der Waals surface area contributed by atoms with E-state index in [0.29, 0.717) is 37.5 Å². The first-order chi connectivity index (χ1) is 13.2. The number of halogens is 1. The van der Waals surface area contributed by atoms with E-state index in [1.165, 1.54) is 12.1 Å². The van der Waals surface area contributed by atoms with E-state index in [2.05, 4.69) is 31.2 Å². The van der Waals surface area contributed by atoms with E-state index in [1.54, 1.807) is 13.0 Å². The van der Waals surface area contributed by atoms with Gasteiger partial charge in [-0.05, 0) is 44.8 Å². The Morgan fingerprint density at radius 2 is 2.07 bits per heavy atom. The smallest absolute Gasteiger partial charge is 0.337 e. The van der Waals surface area contributed by atoms with Crippen LogP contribution in [0.3, 0.4) is 0 Å². The minimum absolute atomic E-state index is 0.0364. The highest BCUT2D eigenvalue weighted by atomic mass is 79.9. The topological polar surface area (TPSA) is 115 Å². The fraction of sp³-hybridized carbons (Fsp3) is 0.222. The molecule has 10 heteroatoms. The van der Waals surface area contributed by atoms with Crippen LogP contribution in [0.5, 0.6) is 0 Å². The SMILES string of the molecule is Cc1c(C(=O)Nc2ccc(Br)cc2C(=O)O)sc2nc(CN(C)C)[nH]c(=O)c12. The van der Waals surface area contributed by atoms with Gasteiger partial charge in [0.15, 0.2) is 0 Å². The number of carboxylic acid groups (broad SMARTS) is 1. The molecule has 1 aromatic carbocycles. The van der Waals surface area contributed by atoms with E-state index < -0.39 is 11.9 Å². The van der Waals surface area contributed by atoms with E-state index in [9.17, 15) is 19.5 Å². The van der Waals surface area contributed by atoms with Crippen molar-refractivity contribution in [3.05, 3.63) is 54.9 Å². The number of benzene rings is 1. The number of amides is 1. The van der Waals surface area contributed by atoms with E-state index in [1.807, 2.05) is 19.0 Å². The Morgan fingerprint density at radius 1 is 1.36 bits per heavy atom. The summed E-state index contributed by atoms with van der Waals surface area (Å²) in [5.74, 6) is -1.13. The van der Waals surface area contributed by atoms with Crippen molar-refractivity contribution in [3.63, 3.8) is 0 Å². The summed E-state index contributed by atoms with van der Waals surface area (Å²) in [5.41, 5.74) is 0.347. The molecule has 0 bridgehead atoms. The number of fused-ring (bicyclic) bond motifs is 1. The van der Waals surface area contributed by atoms with Gasteiger partial charge in [0.1, 0.15) is 10.7 Å². The van der Waals surface area contributed by atoms with E-state index >= 15 is 0 Å². The molecule has 0 saturated heterocycles. The van der Waals surface area contributed by atoms with Gasteiger partial charge in [0.05, 0.1) is 28.1 Å². The molecule has 0 fully saturated rings. The Labute approximate surface area is 172 Å². The van der Waals surface area contributed by atoms with Crippen molar-refractivity contribution in [2.45, 2.75) is 13.5 Å². The molecule has 1 amide bonds. The molecule has 0 unspecified atom stereocenters. The van der Waals surface area contributed by atoms with Gasteiger partial charge in [0, 0.05) is 4.47 Å². The summed E-state index contributed by atoms with van der Waals surface area (Å²) in [5, 5.41) is 12.3. The van der Waals surface area contributed by atoms with Crippen molar-refractivity contribution in [2.24, 2.45) is 0 Å². The van der Waals surface area contributed by atoms with Crippen LogP contribution < -0.4 is 10.9 Å². The molecule has 146 valence electrons. The Bertz CT molecular complexity index is 1150. The number of aromatic nitrogens is 2. The van der Waals surface area contributed by atoms with Gasteiger partial charge in [-0.1, -0.05) is 15.9 Å². The number of nitrogens with zero attached hydrogens (tertiary/aromatic N) is 2. The van der Waals surface area contributed by atoms with Gasteiger partial charge in [-0.2, -0.15) is 0 Å². The van der Waals surface area contributed by atoms with E-state index in [-0.39, 0.29) is 16.8 Å². The number of aryl methyl sites for hydroxylation is 1. The van der Waals surface area contributed by atoms with Gasteiger partial charge < -0.3 is 20.3 Å². The summed E-state index contributed by atoms with van der Waals surface area (Å²) in [4.78, 5) is 46.5. The zero-order chi connectivity index (χ0) is 20.6. The lowest BCUT2D eigenvalue weighted by Gasteiger charge is -2.08. The number of carbonyl (C=O) groups is 2. The summed E-state index contributed by atoms with van der Waals surface area (Å²) in [6.45, 7) is 2.14. The molecule has 0 atom stereocenters. The largest absolute Gasteiger partial charge is 0.478 e. The molecule has 2 heterocycles. The minimum atomic E-state index is -1.16. The maximum Gasteiger partial charge on any atom is 0.337 e. The first kappa shape index (κ1) is 20.2. The maximum atomic E-state index is 12.8. The number of H-pyrrole nitrogens is 1. The highest BCUT2D eigenvalue weighted by Crippen LogP contribution is 2.29. The number of hydrogen-bond acceptors (Lipinski definition) is 6. The van der Waals surface area contributed by atoms with Crippen molar-refractivity contribution in [2.75, 3.05) is 19.4 Å². The second kappa shape index (κ2) is 7.82. The van der Waals surface area contributed by atoms with Gasteiger partial charge in [-0.25, -0.2) is 9.78 Å². The van der Waals surface area contributed by atoms with Crippen molar-refractivity contribution < 1.29 is 14.7 Å². The standard InChI is InChI=1S/C18H17BrN4O4S/c1-8-13-15(24)21-12(7-23(2)3)22-17(13)28-14(8)16(25)20-11-5-4-9(19)6-10(11)18(26)27/h4-6H,7H2,1-3H3,(H,20,25)(H,26,27)(H,21,22,24). The monoisotopic (exact) mass is 464 g/mol. The summed E-state index contributed by atoms with van der Waals surface area (Å²) in [6, 6.07) is 4.56. The van der Waals surface area contributed by atoms with Crippen LogP contribution in [0.2, 0.25) is 0 Å². The Morgan fingerprint density at radius 3 is 2.71 bits per heavy atom. The lowest BCUT2D eigenvalue weighted by atomic mass is 10.1. The van der Waals surface area contributed by atoms with Crippen LogP contribution in [0.15, 0.2) is 27.5 Å². The third kappa shape index (κ3) is 3.98. The normalized spacial score (nSPS) is 11.2. The number of carbonyl (C=O) groups excluding carboxylic acids is 1. The second-order valence-corrected chi connectivity index (χ2v) is 8.35. The highest BCUT2D eigenvalue weighted by Gasteiger charge is 2.21. The van der Waals surface area contributed by atoms with Gasteiger partial charge in [-0.15, -0.1) is 11.3 Å². The Balaban J connectivity index is 2.01.